The number of nitrogens with one attached hydrogen (secondary N) is 2. The standard InChI is InChI=1S/C17H29N5O.HI/c1-4-7-20-17(18-5-2)21-12-15-6-8-19-16(11-15)22-9-10-23-14(3)13-22;/h6,8,11,14H,4-5,7,9-10,12-13H2,1-3H3,(H2,18,20,21);1H. The Kier molecular flexibility index (Phi) is 10.0. The molecular weight excluding hydrogens is 417 g/mol. The number of ether oxygens (including phenoxy) is 1. The summed E-state index contributed by atoms with van der Waals surface area (Å²) in [7, 11) is 0. The summed E-state index contributed by atoms with van der Waals surface area (Å²) in [5.41, 5.74) is 1.17. The molecule has 0 spiro atoms. The zero-order valence-electron chi connectivity index (χ0n) is 14.9. The van der Waals surface area contributed by atoms with Crippen molar-refractivity contribution in [3.63, 3.8) is 0 Å². The third-order valence-electron chi connectivity index (χ3n) is 3.68. The quantitative estimate of drug-likeness (QED) is 0.399. The molecule has 6 nitrogen and oxygen atoms in total. The van der Waals surface area contributed by atoms with Crippen LogP contribution in [0.4, 0.5) is 5.82 Å². The average Bonchev–Trinajstić information content (AvgIpc) is 2.57. The van der Waals surface area contributed by atoms with Crippen LogP contribution in [0.5, 0.6) is 0 Å². The van der Waals surface area contributed by atoms with Crippen LogP contribution in [0, 0.1) is 0 Å². The Balaban J connectivity index is 0.00000288. The largest absolute Gasteiger partial charge is 0.375 e. The highest BCUT2D eigenvalue weighted by atomic mass is 127. The van der Waals surface area contributed by atoms with Crippen LogP contribution < -0.4 is 15.5 Å². The molecule has 2 heterocycles. The van der Waals surface area contributed by atoms with Gasteiger partial charge in [-0.1, -0.05) is 6.92 Å². The summed E-state index contributed by atoms with van der Waals surface area (Å²) in [6, 6.07) is 4.16. The molecule has 0 saturated carbocycles. The van der Waals surface area contributed by atoms with Crippen LogP contribution in [0.15, 0.2) is 23.3 Å². The summed E-state index contributed by atoms with van der Waals surface area (Å²) in [6.45, 7) is 11.3. The predicted octanol–water partition coefficient (Wildman–Crippen LogP) is 2.39. The van der Waals surface area contributed by atoms with Gasteiger partial charge in [-0.05, 0) is 38.0 Å². The molecular formula is C17H30IN5O. The molecule has 0 bridgehead atoms. The van der Waals surface area contributed by atoms with E-state index in [9.17, 15) is 0 Å². The summed E-state index contributed by atoms with van der Waals surface area (Å²) in [5, 5.41) is 6.59. The van der Waals surface area contributed by atoms with Crippen molar-refractivity contribution in [3.05, 3.63) is 23.9 Å². The van der Waals surface area contributed by atoms with E-state index in [4.69, 9.17) is 4.74 Å². The van der Waals surface area contributed by atoms with Crippen LogP contribution in [0.1, 0.15) is 32.8 Å². The summed E-state index contributed by atoms with van der Waals surface area (Å²) in [6.07, 6.45) is 3.21. The van der Waals surface area contributed by atoms with Crippen LogP contribution >= 0.6 is 24.0 Å². The Morgan fingerprint density at radius 1 is 1.42 bits per heavy atom. The Morgan fingerprint density at radius 3 is 2.96 bits per heavy atom. The predicted molar refractivity (Wildman–Crippen MR) is 110 cm³/mol. The van der Waals surface area contributed by atoms with E-state index < -0.39 is 0 Å². The second kappa shape index (κ2) is 11.5. The summed E-state index contributed by atoms with van der Waals surface area (Å²) in [5.74, 6) is 1.88. The molecule has 1 aliphatic heterocycles. The zero-order chi connectivity index (χ0) is 16.5. The number of pyridine rings is 1. The number of aromatic nitrogens is 1. The third-order valence-corrected chi connectivity index (χ3v) is 3.68. The van der Waals surface area contributed by atoms with E-state index in [1.807, 2.05) is 12.3 Å². The summed E-state index contributed by atoms with van der Waals surface area (Å²) >= 11 is 0. The SMILES string of the molecule is CCCNC(=NCc1ccnc(N2CCOC(C)C2)c1)NCC.I. The number of anilines is 1. The number of hydrogen-bond donors (Lipinski definition) is 2. The monoisotopic (exact) mass is 447 g/mol. The lowest BCUT2D eigenvalue weighted by Crippen LogP contribution is -2.41. The van der Waals surface area contributed by atoms with Gasteiger partial charge in [-0.3, -0.25) is 0 Å². The molecule has 136 valence electrons. The van der Waals surface area contributed by atoms with Crippen molar-refractivity contribution in [2.24, 2.45) is 4.99 Å². The van der Waals surface area contributed by atoms with Gasteiger partial charge < -0.3 is 20.3 Å². The highest BCUT2D eigenvalue weighted by Crippen LogP contribution is 2.16. The van der Waals surface area contributed by atoms with Crippen LogP contribution in [0.25, 0.3) is 0 Å². The van der Waals surface area contributed by atoms with Crippen molar-refractivity contribution in [2.45, 2.75) is 39.8 Å². The van der Waals surface area contributed by atoms with Crippen molar-refractivity contribution < 1.29 is 4.74 Å². The normalized spacial score (nSPS) is 18.0. The smallest absolute Gasteiger partial charge is 0.191 e. The molecule has 1 unspecified atom stereocenters. The Bertz CT molecular complexity index is 512. The molecule has 0 radical (unpaired) electrons. The molecule has 0 aromatic carbocycles. The lowest BCUT2D eigenvalue weighted by molar-refractivity contribution is 0.0529. The number of halogens is 1. The van der Waals surface area contributed by atoms with Crippen molar-refractivity contribution in [3.8, 4) is 0 Å². The fraction of sp³-hybridized carbons (Fsp3) is 0.647. The number of rotatable bonds is 6. The second-order valence-corrected chi connectivity index (χ2v) is 5.77. The highest BCUT2D eigenvalue weighted by molar-refractivity contribution is 14.0. The molecule has 7 heteroatoms. The molecule has 1 saturated heterocycles. The fourth-order valence-corrected chi connectivity index (χ4v) is 2.51. The van der Waals surface area contributed by atoms with Gasteiger partial charge in [-0.25, -0.2) is 9.98 Å². The molecule has 1 aromatic heterocycles. The van der Waals surface area contributed by atoms with Gasteiger partial charge in [0.05, 0.1) is 19.3 Å². The molecule has 24 heavy (non-hydrogen) atoms. The van der Waals surface area contributed by atoms with Gasteiger partial charge in [-0.2, -0.15) is 0 Å². The fourth-order valence-electron chi connectivity index (χ4n) is 2.51. The maximum atomic E-state index is 5.60. The molecule has 1 atom stereocenters. The third kappa shape index (κ3) is 6.80. The first-order valence-electron chi connectivity index (χ1n) is 8.56. The first kappa shape index (κ1) is 21.0. The number of morpholine rings is 1. The average molecular weight is 447 g/mol. The van der Waals surface area contributed by atoms with Crippen molar-refractivity contribution in [2.75, 3.05) is 37.7 Å². The molecule has 1 aliphatic rings. The minimum Gasteiger partial charge on any atom is -0.375 e. The van der Waals surface area contributed by atoms with Gasteiger partial charge in [0.1, 0.15) is 5.82 Å². The Labute approximate surface area is 162 Å². The summed E-state index contributed by atoms with van der Waals surface area (Å²) in [4.78, 5) is 11.4. The van der Waals surface area contributed by atoms with Gasteiger partial charge in [0.2, 0.25) is 0 Å². The maximum absolute atomic E-state index is 5.60. The first-order valence-corrected chi connectivity index (χ1v) is 8.56. The number of guanidine groups is 1. The van der Waals surface area contributed by atoms with Gasteiger partial charge in [0, 0.05) is 32.4 Å². The van der Waals surface area contributed by atoms with Gasteiger partial charge in [0.15, 0.2) is 5.96 Å². The van der Waals surface area contributed by atoms with E-state index in [2.05, 4.69) is 52.3 Å². The van der Waals surface area contributed by atoms with Gasteiger partial charge in [0.25, 0.3) is 0 Å². The minimum absolute atomic E-state index is 0. The van der Waals surface area contributed by atoms with E-state index in [1.165, 1.54) is 5.56 Å². The first-order chi connectivity index (χ1) is 11.2. The number of nitrogens with zero attached hydrogens (tertiary/aromatic N) is 3. The zero-order valence-corrected chi connectivity index (χ0v) is 17.2. The minimum atomic E-state index is 0. The second-order valence-electron chi connectivity index (χ2n) is 5.77. The molecule has 0 amide bonds. The molecule has 2 N–H and O–H groups in total. The van der Waals surface area contributed by atoms with Gasteiger partial charge >= 0.3 is 0 Å². The molecule has 1 fully saturated rings. The van der Waals surface area contributed by atoms with E-state index in [1.54, 1.807) is 0 Å². The number of hydrogen-bond acceptors (Lipinski definition) is 4. The van der Waals surface area contributed by atoms with Crippen LogP contribution in [-0.4, -0.2) is 49.8 Å². The van der Waals surface area contributed by atoms with Gasteiger partial charge in [-0.15, -0.1) is 24.0 Å². The van der Waals surface area contributed by atoms with E-state index in [0.717, 1.165) is 51.0 Å². The van der Waals surface area contributed by atoms with Crippen LogP contribution in [0.2, 0.25) is 0 Å². The molecule has 2 rings (SSSR count). The Hall–Kier alpha value is -1.09. The highest BCUT2D eigenvalue weighted by Gasteiger charge is 2.17. The van der Waals surface area contributed by atoms with Crippen LogP contribution in [-0.2, 0) is 11.3 Å². The lowest BCUT2D eigenvalue weighted by atomic mass is 10.2. The summed E-state index contributed by atoms with van der Waals surface area (Å²) < 4.78 is 5.60. The molecule has 0 aliphatic carbocycles. The Morgan fingerprint density at radius 2 is 2.25 bits per heavy atom. The van der Waals surface area contributed by atoms with Crippen LogP contribution in [0.3, 0.4) is 0 Å². The van der Waals surface area contributed by atoms with E-state index in [0.29, 0.717) is 6.54 Å². The van der Waals surface area contributed by atoms with E-state index >= 15 is 0 Å². The van der Waals surface area contributed by atoms with Crippen molar-refractivity contribution >= 4 is 35.8 Å². The number of aliphatic imine (C=N–C) groups is 1. The molecule has 1 aromatic rings. The lowest BCUT2D eigenvalue weighted by Gasteiger charge is -2.32. The maximum Gasteiger partial charge on any atom is 0.191 e. The van der Waals surface area contributed by atoms with Crippen molar-refractivity contribution in [1.82, 2.24) is 15.6 Å². The topological polar surface area (TPSA) is 61.8 Å². The van der Waals surface area contributed by atoms with E-state index in [-0.39, 0.29) is 30.1 Å². The van der Waals surface area contributed by atoms with Crippen molar-refractivity contribution in [1.29, 1.82) is 0 Å².